The molecule has 5 nitrogen and oxygen atoms in total. The van der Waals surface area contributed by atoms with Crippen LogP contribution in [0, 0.1) is 0 Å². The van der Waals surface area contributed by atoms with Crippen molar-refractivity contribution in [2.45, 2.75) is 6.18 Å². The summed E-state index contributed by atoms with van der Waals surface area (Å²) in [7, 11) is 0. The van der Waals surface area contributed by atoms with Gasteiger partial charge in [-0.3, -0.25) is 0 Å². The molecule has 0 aliphatic carbocycles. The van der Waals surface area contributed by atoms with Crippen LogP contribution in [0.1, 0.15) is 0 Å². The number of nitrogens with one attached hydrogen (secondary N) is 1. The highest BCUT2D eigenvalue weighted by molar-refractivity contribution is 6.98. The number of esters is 1. The molecule has 66 valence electrons. The Labute approximate surface area is 67.5 Å². The molecule has 0 unspecified atom stereocenters. The Hall–Kier alpha value is -1.25. The molecule has 1 N–H and O–H groups in total. The average Bonchev–Trinajstić information content (AvgIpc) is 2.37. The summed E-state index contributed by atoms with van der Waals surface area (Å²) in [4.78, 5) is 10.1. The van der Waals surface area contributed by atoms with Crippen molar-refractivity contribution in [2.24, 2.45) is 0 Å². The maximum absolute atomic E-state index is 11.5. The van der Waals surface area contributed by atoms with Crippen molar-refractivity contribution < 1.29 is 27.8 Å². The first kappa shape index (κ1) is 8.84. The third-order valence-electron chi connectivity index (χ3n) is 0.727. The smallest absolute Gasteiger partial charge is 0.345 e. The number of hydrogen-bond acceptors (Lipinski definition) is 5. The number of alkyl halides is 3. The molecule has 1 aromatic heterocycles. The molecule has 0 atom stereocenters. The number of aromatic nitrogens is 3. The number of nitrogens with zero attached hydrogens (tertiary/aromatic N) is 2. The monoisotopic (exact) mass is 200 g/mol. The Kier molecular flexibility index (Phi) is 2.22. The summed E-state index contributed by atoms with van der Waals surface area (Å²) in [5.74, 6) is -2.33. The highest BCUT2D eigenvalue weighted by Gasteiger charge is 2.43. The summed E-state index contributed by atoms with van der Waals surface area (Å²) >= 11 is 0.592. The van der Waals surface area contributed by atoms with Crippen molar-refractivity contribution in [2.75, 3.05) is 0 Å². The fourth-order valence-electron chi connectivity index (χ4n) is 0.324. The summed E-state index contributed by atoms with van der Waals surface area (Å²) in [6, 6.07) is -0.567. The third-order valence-corrected chi connectivity index (χ3v) is 1.15. The van der Waals surface area contributed by atoms with Gasteiger partial charge in [0.2, 0.25) is 11.7 Å². The SMILES string of the molecule is O=C(Oc1nsn[nH+]1)C(F)(F)F. The first-order chi connectivity index (χ1) is 5.50. The van der Waals surface area contributed by atoms with Crippen LogP contribution in [0.25, 0.3) is 0 Å². The van der Waals surface area contributed by atoms with E-state index in [1.165, 1.54) is 0 Å². The highest BCUT2D eigenvalue weighted by atomic mass is 32.1. The van der Waals surface area contributed by atoms with E-state index < -0.39 is 18.2 Å². The van der Waals surface area contributed by atoms with Crippen molar-refractivity contribution in [3.05, 3.63) is 0 Å². The van der Waals surface area contributed by atoms with Gasteiger partial charge in [-0.25, -0.2) is 4.79 Å². The molecule has 0 saturated carbocycles. The van der Waals surface area contributed by atoms with Crippen LogP contribution in [0.4, 0.5) is 13.2 Å². The van der Waals surface area contributed by atoms with Crippen molar-refractivity contribution in [1.82, 2.24) is 8.86 Å². The van der Waals surface area contributed by atoms with Gasteiger partial charge in [0.1, 0.15) is 0 Å². The Balaban J connectivity index is 2.60. The second kappa shape index (κ2) is 3.01. The number of carbonyl (C=O) groups excluding carboxylic acids is 1. The zero-order valence-corrected chi connectivity index (χ0v) is 6.07. The van der Waals surface area contributed by atoms with Gasteiger partial charge in [-0.1, -0.05) is 5.10 Å². The second-order valence-electron chi connectivity index (χ2n) is 1.57. The van der Waals surface area contributed by atoms with Crippen LogP contribution in [0.3, 0.4) is 0 Å². The molecule has 0 aliphatic rings. The van der Waals surface area contributed by atoms with Crippen LogP contribution >= 0.6 is 11.7 Å². The van der Waals surface area contributed by atoms with Gasteiger partial charge in [0.25, 0.3) is 0 Å². The Morgan fingerprint density at radius 1 is 1.58 bits per heavy atom. The fraction of sp³-hybridized carbons (Fsp3) is 0.333. The van der Waals surface area contributed by atoms with E-state index in [-0.39, 0.29) is 0 Å². The van der Waals surface area contributed by atoms with Crippen LogP contribution in [0.2, 0.25) is 0 Å². The maximum atomic E-state index is 11.5. The molecule has 0 aromatic carbocycles. The average molecular weight is 200 g/mol. The third kappa shape index (κ3) is 2.12. The lowest BCUT2D eigenvalue weighted by molar-refractivity contribution is -0.456. The van der Waals surface area contributed by atoms with E-state index in [0.717, 1.165) is 0 Å². The van der Waals surface area contributed by atoms with E-state index in [1.807, 2.05) is 5.10 Å². The Morgan fingerprint density at radius 2 is 2.25 bits per heavy atom. The summed E-state index contributed by atoms with van der Waals surface area (Å²) in [6.07, 6.45) is -5.02. The lowest BCUT2D eigenvalue weighted by Crippen LogP contribution is -2.30. The van der Waals surface area contributed by atoms with Gasteiger partial charge < -0.3 is 4.74 Å². The first-order valence-electron chi connectivity index (χ1n) is 2.49. The zero-order chi connectivity index (χ0) is 9.19. The van der Waals surface area contributed by atoms with Gasteiger partial charge in [-0.05, 0) is 0 Å². The highest BCUT2D eigenvalue weighted by Crippen LogP contribution is 2.16. The molecule has 0 aliphatic heterocycles. The Bertz CT molecular complexity index is 271. The number of aromatic amines is 1. The van der Waals surface area contributed by atoms with Crippen molar-refractivity contribution in [3.8, 4) is 6.01 Å². The van der Waals surface area contributed by atoms with E-state index in [0.29, 0.717) is 11.7 Å². The van der Waals surface area contributed by atoms with Crippen LogP contribution in [-0.4, -0.2) is 21.0 Å². The molecule has 0 bridgehead atoms. The molecule has 1 aromatic rings. The van der Waals surface area contributed by atoms with E-state index in [4.69, 9.17) is 0 Å². The Morgan fingerprint density at radius 3 is 2.67 bits per heavy atom. The molecular weight excluding hydrogens is 199 g/mol. The number of rotatable bonds is 1. The molecule has 1 heterocycles. The van der Waals surface area contributed by atoms with Gasteiger partial charge in [0.15, 0.2) is 0 Å². The van der Waals surface area contributed by atoms with Crippen LogP contribution in [0.15, 0.2) is 0 Å². The van der Waals surface area contributed by atoms with Crippen molar-refractivity contribution in [1.29, 1.82) is 0 Å². The molecule has 0 radical (unpaired) electrons. The van der Waals surface area contributed by atoms with Gasteiger partial charge in [0.05, 0.1) is 4.37 Å². The van der Waals surface area contributed by atoms with Crippen LogP contribution < -0.4 is 9.84 Å². The normalized spacial score (nSPS) is 11.2. The standard InChI is InChI=1S/C3F3N3O2S/c4-3(5,6)1(10)11-2-7-9-12-8-2/p+1. The zero-order valence-electron chi connectivity index (χ0n) is 5.25. The maximum Gasteiger partial charge on any atom is 0.541 e. The quantitative estimate of drug-likeness (QED) is 0.590. The van der Waals surface area contributed by atoms with E-state index in [2.05, 4.69) is 13.6 Å². The summed E-state index contributed by atoms with van der Waals surface area (Å²) in [6.45, 7) is 0. The van der Waals surface area contributed by atoms with E-state index in [9.17, 15) is 18.0 Å². The minimum Gasteiger partial charge on any atom is -0.345 e. The fourth-order valence-corrected chi connectivity index (χ4v) is 0.636. The summed E-state index contributed by atoms with van der Waals surface area (Å²) < 4.78 is 44.7. The first-order valence-corrected chi connectivity index (χ1v) is 3.22. The molecule has 12 heavy (non-hydrogen) atoms. The van der Waals surface area contributed by atoms with Crippen molar-refractivity contribution in [3.63, 3.8) is 0 Å². The largest absolute Gasteiger partial charge is 0.541 e. The predicted octanol–water partition coefficient (Wildman–Crippen LogP) is -0.180. The minimum atomic E-state index is -5.02. The molecular formula is C3HF3N3O2S+. The lowest BCUT2D eigenvalue weighted by Gasteiger charge is -1.99. The van der Waals surface area contributed by atoms with Crippen molar-refractivity contribution >= 4 is 17.7 Å². The molecule has 0 amide bonds. The van der Waals surface area contributed by atoms with Gasteiger partial charge in [-0.2, -0.15) is 13.2 Å². The number of carbonyl (C=O) groups is 1. The number of halogens is 3. The molecule has 1 rings (SSSR count). The van der Waals surface area contributed by atoms with E-state index >= 15 is 0 Å². The molecule has 0 saturated heterocycles. The summed E-state index contributed by atoms with van der Waals surface area (Å²) in [5.41, 5.74) is 0. The summed E-state index contributed by atoms with van der Waals surface area (Å²) in [5, 5.41) is 1.95. The molecule has 0 spiro atoms. The van der Waals surface area contributed by atoms with E-state index in [1.54, 1.807) is 0 Å². The second-order valence-corrected chi connectivity index (χ2v) is 2.10. The number of ether oxygens (including phenoxy) is 1. The topological polar surface area (TPSA) is 66.2 Å². The van der Waals surface area contributed by atoms with Gasteiger partial charge >= 0.3 is 18.2 Å². The molecule has 9 heteroatoms. The lowest BCUT2D eigenvalue weighted by atomic mass is 10.7. The van der Waals surface area contributed by atoms with Gasteiger partial charge in [0, 0.05) is 4.49 Å². The number of hydrogen-bond donors (Lipinski definition) is 0. The van der Waals surface area contributed by atoms with Gasteiger partial charge in [-0.15, -0.1) is 0 Å². The number of H-pyrrole nitrogens is 1. The predicted molar refractivity (Wildman–Crippen MR) is 28.2 cm³/mol. The molecule has 0 fully saturated rings. The van der Waals surface area contributed by atoms with Crippen LogP contribution in [-0.2, 0) is 4.79 Å². The minimum absolute atomic E-state index is 0.567. The van der Waals surface area contributed by atoms with Crippen LogP contribution in [0.5, 0.6) is 6.01 Å².